The van der Waals surface area contributed by atoms with E-state index in [1.54, 1.807) is 0 Å². The van der Waals surface area contributed by atoms with E-state index in [1.165, 1.54) is 0 Å². The molecule has 0 saturated heterocycles. The van der Waals surface area contributed by atoms with E-state index in [-0.39, 0.29) is 0 Å². The van der Waals surface area contributed by atoms with Crippen LogP contribution < -0.4 is 11.1 Å². The fourth-order valence-electron chi connectivity index (χ4n) is 2.14. The van der Waals surface area contributed by atoms with Crippen molar-refractivity contribution in [2.45, 2.75) is 12.5 Å². The first-order valence-corrected chi connectivity index (χ1v) is 6.27. The molecule has 0 unspecified atom stereocenters. The summed E-state index contributed by atoms with van der Waals surface area (Å²) in [4.78, 5) is 22.8. The molecule has 20 heavy (non-hydrogen) atoms. The molecule has 102 valence electrons. The lowest BCUT2D eigenvalue weighted by atomic mass is 9.84. The van der Waals surface area contributed by atoms with Crippen molar-refractivity contribution in [1.82, 2.24) is 5.32 Å². The summed E-state index contributed by atoms with van der Waals surface area (Å²) in [6, 6.07) is 18.9. The number of rotatable bonds is 3. The van der Waals surface area contributed by atoms with E-state index in [0.29, 0.717) is 0 Å². The zero-order valence-electron chi connectivity index (χ0n) is 11.2. The molecular formula is C16H16N2O2. The van der Waals surface area contributed by atoms with Gasteiger partial charge in [-0.25, -0.2) is 0 Å². The van der Waals surface area contributed by atoms with Crippen molar-refractivity contribution in [3.05, 3.63) is 71.8 Å². The lowest BCUT2D eigenvalue weighted by molar-refractivity contribution is -0.138. The van der Waals surface area contributed by atoms with Crippen molar-refractivity contribution >= 4 is 11.8 Å². The minimum atomic E-state index is -0.997. The van der Waals surface area contributed by atoms with Gasteiger partial charge < -0.3 is 11.1 Å². The van der Waals surface area contributed by atoms with Crippen LogP contribution in [-0.2, 0) is 15.1 Å². The zero-order valence-corrected chi connectivity index (χ0v) is 11.2. The number of hydrogen-bond donors (Lipinski definition) is 2. The minimum absolute atomic E-state index is 0.805. The number of nitrogens with two attached hydrogens (primary N) is 1. The highest BCUT2D eigenvalue weighted by molar-refractivity contribution is 6.34. The van der Waals surface area contributed by atoms with Gasteiger partial charge in [0.2, 0.25) is 0 Å². The Morgan fingerprint density at radius 2 is 1.30 bits per heavy atom. The number of benzene rings is 2. The largest absolute Gasteiger partial charge is 0.361 e. The molecule has 2 rings (SSSR count). The number of primary amides is 1. The third-order valence-electron chi connectivity index (χ3n) is 3.29. The summed E-state index contributed by atoms with van der Waals surface area (Å²) in [5, 5.41) is 2.71. The highest BCUT2D eigenvalue weighted by Crippen LogP contribution is 2.28. The molecule has 2 aromatic rings. The summed E-state index contributed by atoms with van der Waals surface area (Å²) in [6.07, 6.45) is 0. The van der Waals surface area contributed by atoms with E-state index in [1.807, 2.05) is 67.6 Å². The smallest absolute Gasteiger partial charge is 0.310 e. The van der Waals surface area contributed by atoms with Crippen LogP contribution in [0.5, 0.6) is 0 Å². The molecular weight excluding hydrogens is 252 g/mol. The highest BCUT2D eigenvalue weighted by atomic mass is 16.2. The van der Waals surface area contributed by atoms with Gasteiger partial charge in [0.15, 0.2) is 0 Å². The first kappa shape index (κ1) is 13.8. The quantitative estimate of drug-likeness (QED) is 0.829. The standard InChI is InChI=1S/C16H16N2O2/c1-16(18-15(20)14(17)19,12-8-4-2-5-9-12)13-10-6-3-7-11-13/h2-11H,1H3,(H2,17,19)(H,18,20). The van der Waals surface area contributed by atoms with Gasteiger partial charge in [0.05, 0.1) is 5.54 Å². The van der Waals surface area contributed by atoms with Gasteiger partial charge in [0, 0.05) is 0 Å². The molecule has 0 radical (unpaired) electrons. The Balaban J connectivity index is 2.49. The molecule has 4 heteroatoms. The molecule has 0 saturated carbocycles. The van der Waals surface area contributed by atoms with Crippen LogP contribution in [0, 0.1) is 0 Å². The summed E-state index contributed by atoms with van der Waals surface area (Å²) >= 11 is 0. The Bertz CT molecular complexity index is 569. The maximum absolute atomic E-state index is 11.7. The third kappa shape index (κ3) is 2.69. The molecule has 3 N–H and O–H groups in total. The molecule has 0 atom stereocenters. The second-order valence-electron chi connectivity index (χ2n) is 4.68. The van der Waals surface area contributed by atoms with Crippen LogP contribution in [0.15, 0.2) is 60.7 Å². The normalized spacial score (nSPS) is 10.8. The van der Waals surface area contributed by atoms with Gasteiger partial charge in [-0.3, -0.25) is 9.59 Å². The SMILES string of the molecule is CC(NC(=O)C(N)=O)(c1ccccc1)c1ccccc1. The number of nitrogens with one attached hydrogen (secondary N) is 1. The summed E-state index contributed by atoms with van der Waals surface area (Å²) in [5.41, 5.74) is 5.99. The summed E-state index contributed by atoms with van der Waals surface area (Å²) in [6.45, 7) is 1.85. The molecule has 0 fully saturated rings. The predicted octanol–water partition coefficient (Wildman–Crippen LogP) is 1.55. The molecule has 0 bridgehead atoms. The number of amides is 2. The van der Waals surface area contributed by atoms with E-state index in [9.17, 15) is 9.59 Å². The topological polar surface area (TPSA) is 72.2 Å². The predicted molar refractivity (Wildman–Crippen MR) is 76.7 cm³/mol. The third-order valence-corrected chi connectivity index (χ3v) is 3.29. The van der Waals surface area contributed by atoms with Crippen LogP contribution in [0.2, 0.25) is 0 Å². The number of carbonyl (C=O) groups excluding carboxylic acids is 2. The van der Waals surface area contributed by atoms with Gasteiger partial charge in [0.25, 0.3) is 0 Å². The van der Waals surface area contributed by atoms with Gasteiger partial charge in [-0.05, 0) is 18.1 Å². The molecule has 2 amide bonds. The van der Waals surface area contributed by atoms with Crippen molar-refractivity contribution < 1.29 is 9.59 Å². The lowest BCUT2D eigenvalue weighted by Gasteiger charge is -2.31. The maximum Gasteiger partial charge on any atom is 0.310 e. The molecule has 2 aromatic carbocycles. The average molecular weight is 268 g/mol. The Labute approximate surface area is 117 Å². The second kappa shape index (κ2) is 5.57. The fourth-order valence-corrected chi connectivity index (χ4v) is 2.14. The van der Waals surface area contributed by atoms with Gasteiger partial charge in [-0.2, -0.15) is 0 Å². The Morgan fingerprint density at radius 1 is 0.900 bits per heavy atom. The van der Waals surface area contributed by atoms with E-state index in [2.05, 4.69) is 5.32 Å². The average Bonchev–Trinajstić information content (AvgIpc) is 2.48. The molecule has 0 aromatic heterocycles. The van der Waals surface area contributed by atoms with Crippen LogP contribution >= 0.6 is 0 Å². The van der Waals surface area contributed by atoms with Crippen LogP contribution in [0.3, 0.4) is 0 Å². The lowest BCUT2D eigenvalue weighted by Crippen LogP contribution is -2.49. The highest BCUT2D eigenvalue weighted by Gasteiger charge is 2.31. The molecule has 0 spiro atoms. The minimum Gasteiger partial charge on any atom is -0.361 e. The molecule has 0 aliphatic heterocycles. The van der Waals surface area contributed by atoms with Crippen molar-refractivity contribution in [3.63, 3.8) is 0 Å². The maximum atomic E-state index is 11.7. The fraction of sp³-hybridized carbons (Fsp3) is 0.125. The molecule has 0 aliphatic carbocycles. The van der Waals surface area contributed by atoms with Crippen molar-refractivity contribution in [1.29, 1.82) is 0 Å². The van der Waals surface area contributed by atoms with Gasteiger partial charge in [0.1, 0.15) is 0 Å². The van der Waals surface area contributed by atoms with Gasteiger partial charge in [-0.1, -0.05) is 60.7 Å². The van der Waals surface area contributed by atoms with Crippen molar-refractivity contribution in [3.8, 4) is 0 Å². The molecule has 0 heterocycles. The first-order valence-electron chi connectivity index (χ1n) is 6.27. The van der Waals surface area contributed by atoms with Crippen LogP contribution in [0.4, 0.5) is 0 Å². The van der Waals surface area contributed by atoms with E-state index in [0.717, 1.165) is 11.1 Å². The van der Waals surface area contributed by atoms with E-state index < -0.39 is 17.4 Å². The molecule has 4 nitrogen and oxygen atoms in total. The Hall–Kier alpha value is -2.62. The van der Waals surface area contributed by atoms with Gasteiger partial charge >= 0.3 is 11.8 Å². The summed E-state index contributed by atoms with van der Waals surface area (Å²) < 4.78 is 0. The van der Waals surface area contributed by atoms with Crippen LogP contribution in [0.25, 0.3) is 0 Å². The Kier molecular flexibility index (Phi) is 3.84. The first-order chi connectivity index (χ1) is 9.54. The van der Waals surface area contributed by atoms with E-state index >= 15 is 0 Å². The number of hydrogen-bond acceptors (Lipinski definition) is 2. The van der Waals surface area contributed by atoms with E-state index in [4.69, 9.17) is 5.73 Å². The molecule has 0 aliphatic rings. The monoisotopic (exact) mass is 268 g/mol. The summed E-state index contributed by atoms with van der Waals surface area (Å²) in [7, 11) is 0. The van der Waals surface area contributed by atoms with Gasteiger partial charge in [-0.15, -0.1) is 0 Å². The zero-order chi connectivity index (χ0) is 14.6. The Morgan fingerprint density at radius 3 is 1.65 bits per heavy atom. The van der Waals surface area contributed by atoms with Crippen molar-refractivity contribution in [2.24, 2.45) is 5.73 Å². The summed E-state index contributed by atoms with van der Waals surface area (Å²) in [5.74, 6) is -1.80. The second-order valence-corrected chi connectivity index (χ2v) is 4.68. The number of carbonyl (C=O) groups is 2. The van der Waals surface area contributed by atoms with Crippen molar-refractivity contribution in [2.75, 3.05) is 0 Å². The van der Waals surface area contributed by atoms with Crippen LogP contribution in [-0.4, -0.2) is 11.8 Å². The van der Waals surface area contributed by atoms with Crippen LogP contribution in [0.1, 0.15) is 18.1 Å².